The van der Waals surface area contributed by atoms with Gasteiger partial charge in [0.25, 0.3) is 0 Å². The van der Waals surface area contributed by atoms with Gasteiger partial charge in [-0.25, -0.2) is 5.84 Å². The third kappa shape index (κ3) is 1.44. The lowest BCUT2D eigenvalue weighted by Gasteiger charge is -2.12. The van der Waals surface area contributed by atoms with Crippen LogP contribution in [-0.2, 0) is 0 Å². The number of hydrogen-bond donors (Lipinski definition) is 2. The number of aromatic amines is 1. The van der Waals surface area contributed by atoms with Crippen LogP contribution < -0.4 is 10.9 Å². The molecule has 0 fully saturated rings. The molecule has 0 unspecified atom stereocenters. The Hall–Kier alpha value is -1.10. The van der Waals surface area contributed by atoms with Gasteiger partial charge in [-0.05, 0) is 6.42 Å². The first kappa shape index (κ1) is 7.01. The summed E-state index contributed by atoms with van der Waals surface area (Å²) in [6, 6.07) is 0. The standard InChI is InChI=1S/C5H11N5/c1-2-3-10(6)5-4-7-9-8-5/h4H,2-3,6H2,1H3,(H,7,8,9). The van der Waals surface area contributed by atoms with Gasteiger partial charge < -0.3 is 0 Å². The zero-order valence-electron chi connectivity index (χ0n) is 5.91. The van der Waals surface area contributed by atoms with Crippen LogP contribution in [0, 0.1) is 0 Å². The summed E-state index contributed by atoms with van der Waals surface area (Å²) in [4.78, 5) is 0. The van der Waals surface area contributed by atoms with Crippen molar-refractivity contribution in [1.82, 2.24) is 15.4 Å². The first-order chi connectivity index (χ1) is 4.84. The Morgan fingerprint density at radius 2 is 2.60 bits per heavy atom. The summed E-state index contributed by atoms with van der Waals surface area (Å²) in [5.41, 5.74) is 0. The molecule has 5 nitrogen and oxygen atoms in total. The molecule has 0 atom stereocenters. The molecule has 3 N–H and O–H groups in total. The highest BCUT2D eigenvalue weighted by Crippen LogP contribution is 2.00. The number of H-pyrrole nitrogens is 1. The molecule has 56 valence electrons. The topological polar surface area (TPSA) is 70.8 Å². The van der Waals surface area contributed by atoms with Gasteiger partial charge in [0.05, 0.1) is 6.20 Å². The van der Waals surface area contributed by atoms with Gasteiger partial charge in [-0.2, -0.15) is 10.3 Å². The number of aromatic nitrogens is 3. The number of anilines is 1. The fourth-order valence-electron chi connectivity index (χ4n) is 0.689. The number of nitrogens with one attached hydrogen (secondary N) is 1. The van der Waals surface area contributed by atoms with Crippen LogP contribution in [0.25, 0.3) is 0 Å². The van der Waals surface area contributed by atoms with Crippen LogP contribution in [0.15, 0.2) is 6.20 Å². The highest BCUT2D eigenvalue weighted by Gasteiger charge is 2.00. The molecule has 10 heavy (non-hydrogen) atoms. The van der Waals surface area contributed by atoms with Crippen molar-refractivity contribution in [2.24, 2.45) is 5.84 Å². The summed E-state index contributed by atoms with van der Waals surface area (Å²) in [5.74, 6) is 6.24. The third-order valence-corrected chi connectivity index (χ3v) is 1.16. The number of hydrogen-bond acceptors (Lipinski definition) is 4. The third-order valence-electron chi connectivity index (χ3n) is 1.16. The molecule has 0 saturated heterocycles. The molecule has 0 saturated carbocycles. The van der Waals surface area contributed by atoms with Crippen molar-refractivity contribution in [1.29, 1.82) is 0 Å². The van der Waals surface area contributed by atoms with Gasteiger partial charge in [0.15, 0.2) is 5.82 Å². The van der Waals surface area contributed by atoms with E-state index in [0.717, 1.165) is 13.0 Å². The summed E-state index contributed by atoms with van der Waals surface area (Å²) in [6.45, 7) is 2.85. The highest BCUT2D eigenvalue weighted by atomic mass is 15.5. The van der Waals surface area contributed by atoms with E-state index in [0.29, 0.717) is 5.82 Å². The normalized spacial score (nSPS) is 9.80. The molecule has 0 aromatic carbocycles. The number of nitrogens with two attached hydrogens (primary N) is 1. The average molecular weight is 141 g/mol. The Morgan fingerprint density at radius 3 is 3.10 bits per heavy atom. The Bertz CT molecular complexity index is 170. The fourth-order valence-corrected chi connectivity index (χ4v) is 0.689. The maximum Gasteiger partial charge on any atom is 0.184 e. The van der Waals surface area contributed by atoms with E-state index in [1.807, 2.05) is 0 Å². The fraction of sp³-hybridized carbons (Fsp3) is 0.600. The molecule has 0 amide bonds. The van der Waals surface area contributed by atoms with E-state index in [1.165, 1.54) is 0 Å². The summed E-state index contributed by atoms with van der Waals surface area (Å²) in [6.07, 6.45) is 2.60. The molecular formula is C5H11N5. The van der Waals surface area contributed by atoms with Gasteiger partial charge >= 0.3 is 0 Å². The Kier molecular flexibility index (Phi) is 2.22. The number of hydrazine groups is 1. The Morgan fingerprint density at radius 1 is 1.80 bits per heavy atom. The van der Waals surface area contributed by atoms with E-state index >= 15 is 0 Å². The van der Waals surface area contributed by atoms with Crippen molar-refractivity contribution in [2.75, 3.05) is 11.6 Å². The van der Waals surface area contributed by atoms with Crippen LogP contribution in [-0.4, -0.2) is 22.0 Å². The molecule has 0 aliphatic heterocycles. The second kappa shape index (κ2) is 3.17. The molecule has 0 aliphatic rings. The van der Waals surface area contributed by atoms with E-state index in [-0.39, 0.29) is 0 Å². The second-order valence-electron chi connectivity index (χ2n) is 2.02. The van der Waals surface area contributed by atoms with E-state index < -0.39 is 0 Å². The van der Waals surface area contributed by atoms with E-state index in [1.54, 1.807) is 11.2 Å². The van der Waals surface area contributed by atoms with Crippen LogP contribution in [0.2, 0.25) is 0 Å². The number of rotatable bonds is 3. The van der Waals surface area contributed by atoms with Crippen LogP contribution >= 0.6 is 0 Å². The average Bonchev–Trinajstić information content (AvgIpc) is 2.38. The van der Waals surface area contributed by atoms with Gasteiger partial charge in [0.1, 0.15) is 0 Å². The van der Waals surface area contributed by atoms with Crippen LogP contribution in [0.5, 0.6) is 0 Å². The van der Waals surface area contributed by atoms with E-state index in [9.17, 15) is 0 Å². The van der Waals surface area contributed by atoms with Crippen molar-refractivity contribution >= 4 is 5.82 Å². The second-order valence-corrected chi connectivity index (χ2v) is 2.02. The summed E-state index contributed by atoms with van der Waals surface area (Å²) in [7, 11) is 0. The van der Waals surface area contributed by atoms with Gasteiger partial charge in [-0.1, -0.05) is 6.92 Å². The van der Waals surface area contributed by atoms with Gasteiger partial charge in [-0.3, -0.25) is 5.01 Å². The maximum absolute atomic E-state index is 5.56. The van der Waals surface area contributed by atoms with Crippen LogP contribution in [0.1, 0.15) is 13.3 Å². The highest BCUT2D eigenvalue weighted by molar-refractivity contribution is 5.30. The van der Waals surface area contributed by atoms with Crippen molar-refractivity contribution in [3.63, 3.8) is 0 Å². The molecule has 5 heteroatoms. The first-order valence-corrected chi connectivity index (χ1v) is 3.22. The van der Waals surface area contributed by atoms with E-state index in [4.69, 9.17) is 5.84 Å². The smallest absolute Gasteiger partial charge is 0.184 e. The van der Waals surface area contributed by atoms with E-state index in [2.05, 4.69) is 22.3 Å². The summed E-state index contributed by atoms with van der Waals surface area (Å²) < 4.78 is 0. The zero-order valence-corrected chi connectivity index (χ0v) is 5.91. The minimum absolute atomic E-state index is 0.682. The van der Waals surface area contributed by atoms with Crippen molar-refractivity contribution in [3.05, 3.63) is 6.20 Å². The SMILES string of the molecule is CCCN(N)c1cn[nH]n1. The van der Waals surface area contributed by atoms with Crippen molar-refractivity contribution < 1.29 is 0 Å². The summed E-state index contributed by atoms with van der Waals surface area (Å²) in [5, 5.41) is 11.5. The molecule has 0 bridgehead atoms. The lowest BCUT2D eigenvalue weighted by molar-refractivity contribution is 0.785. The van der Waals surface area contributed by atoms with Crippen LogP contribution in [0.3, 0.4) is 0 Å². The lowest BCUT2D eigenvalue weighted by Crippen LogP contribution is -2.31. The summed E-state index contributed by atoms with van der Waals surface area (Å²) >= 11 is 0. The quantitative estimate of drug-likeness (QED) is 0.455. The van der Waals surface area contributed by atoms with Crippen molar-refractivity contribution in [2.45, 2.75) is 13.3 Å². The minimum Gasteiger partial charge on any atom is -0.292 e. The Balaban J connectivity index is 2.50. The lowest BCUT2D eigenvalue weighted by atomic mass is 10.5. The monoisotopic (exact) mass is 141 g/mol. The minimum atomic E-state index is 0.682. The molecule has 0 spiro atoms. The largest absolute Gasteiger partial charge is 0.292 e. The first-order valence-electron chi connectivity index (χ1n) is 3.22. The predicted octanol–water partition coefficient (Wildman–Crippen LogP) is -0.105. The molecule has 1 aromatic heterocycles. The molecular weight excluding hydrogens is 130 g/mol. The Labute approximate surface area is 59.2 Å². The van der Waals surface area contributed by atoms with Gasteiger partial charge in [-0.15, -0.1) is 5.10 Å². The predicted molar refractivity (Wildman–Crippen MR) is 38.2 cm³/mol. The maximum atomic E-state index is 5.56. The molecule has 0 aliphatic carbocycles. The van der Waals surface area contributed by atoms with Crippen molar-refractivity contribution in [3.8, 4) is 0 Å². The van der Waals surface area contributed by atoms with Gasteiger partial charge in [0, 0.05) is 6.54 Å². The molecule has 0 radical (unpaired) electrons. The van der Waals surface area contributed by atoms with Gasteiger partial charge in [0.2, 0.25) is 0 Å². The molecule has 1 aromatic rings. The molecule has 1 rings (SSSR count). The number of nitrogens with zero attached hydrogens (tertiary/aromatic N) is 3. The molecule has 1 heterocycles. The zero-order chi connectivity index (χ0) is 7.40. The van der Waals surface area contributed by atoms with Crippen LogP contribution in [0.4, 0.5) is 5.82 Å².